The highest BCUT2D eigenvalue weighted by Gasteiger charge is 2.30. The fraction of sp³-hybridized carbons (Fsp3) is 0.250. The van der Waals surface area contributed by atoms with Gasteiger partial charge in [0, 0.05) is 40.8 Å². The molecular weight excluding hydrogens is 516 g/mol. The molecule has 3 heterocycles. The minimum atomic E-state index is -0.444. The van der Waals surface area contributed by atoms with Crippen molar-refractivity contribution in [3.05, 3.63) is 106 Å². The SMILES string of the molecule is O=C1Nc2ccc([N+](=O)[O-])cc2C1=C(Nc1ccc(-c2c[nH]cn2)cc1)c1ccc(CCCN2CCCCC2)cc1. The third kappa shape index (κ3) is 5.90. The number of carbonyl (C=O) groups is 1. The van der Waals surface area contributed by atoms with E-state index in [1.165, 1.54) is 50.0 Å². The van der Waals surface area contributed by atoms with Gasteiger partial charge in [-0.15, -0.1) is 0 Å². The predicted octanol–water partition coefficient (Wildman–Crippen LogP) is 6.34. The Labute approximate surface area is 238 Å². The van der Waals surface area contributed by atoms with E-state index in [-0.39, 0.29) is 11.6 Å². The molecule has 1 fully saturated rings. The van der Waals surface area contributed by atoms with E-state index in [0.717, 1.165) is 41.9 Å². The van der Waals surface area contributed by atoms with Crippen LogP contribution in [0.3, 0.4) is 0 Å². The van der Waals surface area contributed by atoms with Crippen LogP contribution in [0.5, 0.6) is 0 Å². The number of aromatic amines is 1. The van der Waals surface area contributed by atoms with Gasteiger partial charge in [0.05, 0.1) is 28.2 Å². The van der Waals surface area contributed by atoms with Gasteiger partial charge in [-0.2, -0.15) is 0 Å². The Hall–Kier alpha value is -4.76. The second kappa shape index (κ2) is 11.8. The molecule has 0 radical (unpaired) electrons. The summed E-state index contributed by atoms with van der Waals surface area (Å²) in [4.78, 5) is 34.2. The lowest BCUT2D eigenvalue weighted by molar-refractivity contribution is -0.384. The van der Waals surface area contributed by atoms with Crippen molar-refractivity contribution >= 4 is 34.2 Å². The Kier molecular flexibility index (Phi) is 7.60. The number of nitro benzene ring substituents is 1. The van der Waals surface area contributed by atoms with Crippen molar-refractivity contribution in [2.24, 2.45) is 0 Å². The number of nitrogens with one attached hydrogen (secondary N) is 3. The zero-order valence-corrected chi connectivity index (χ0v) is 22.7. The number of H-pyrrole nitrogens is 1. The number of non-ortho nitro benzene ring substituents is 1. The van der Waals surface area contributed by atoms with E-state index in [0.29, 0.717) is 22.5 Å². The first-order chi connectivity index (χ1) is 20.0. The molecule has 1 saturated heterocycles. The van der Waals surface area contributed by atoms with Gasteiger partial charge in [-0.3, -0.25) is 14.9 Å². The molecule has 0 atom stereocenters. The van der Waals surface area contributed by atoms with Crippen LogP contribution >= 0.6 is 0 Å². The number of hydrogen-bond acceptors (Lipinski definition) is 6. The summed E-state index contributed by atoms with van der Waals surface area (Å²) >= 11 is 0. The van der Waals surface area contributed by atoms with E-state index in [1.54, 1.807) is 12.4 Å². The molecule has 1 amide bonds. The molecule has 0 spiro atoms. The monoisotopic (exact) mass is 548 g/mol. The maximum atomic E-state index is 13.3. The molecule has 208 valence electrons. The fourth-order valence-corrected chi connectivity index (χ4v) is 5.61. The summed E-state index contributed by atoms with van der Waals surface area (Å²) in [5.41, 5.74) is 6.60. The van der Waals surface area contributed by atoms with E-state index >= 15 is 0 Å². The van der Waals surface area contributed by atoms with Crippen LogP contribution < -0.4 is 10.6 Å². The Morgan fingerprint density at radius 3 is 2.49 bits per heavy atom. The largest absolute Gasteiger partial charge is 0.354 e. The first kappa shape index (κ1) is 26.5. The Morgan fingerprint density at radius 2 is 1.78 bits per heavy atom. The minimum absolute atomic E-state index is 0.0653. The van der Waals surface area contributed by atoms with Gasteiger partial charge in [0.1, 0.15) is 0 Å². The smallest absolute Gasteiger partial charge is 0.270 e. The second-order valence-corrected chi connectivity index (χ2v) is 10.6. The Morgan fingerprint density at radius 1 is 1.00 bits per heavy atom. The van der Waals surface area contributed by atoms with Gasteiger partial charge in [0.2, 0.25) is 0 Å². The molecule has 4 aromatic rings. The zero-order valence-electron chi connectivity index (χ0n) is 22.7. The van der Waals surface area contributed by atoms with Gasteiger partial charge in [0.15, 0.2) is 0 Å². The number of imidazole rings is 1. The Bertz CT molecular complexity index is 1570. The van der Waals surface area contributed by atoms with E-state index in [2.05, 4.69) is 37.6 Å². The molecule has 1 aromatic heterocycles. The van der Waals surface area contributed by atoms with Crippen LogP contribution in [0.4, 0.5) is 17.1 Å². The van der Waals surface area contributed by atoms with Crippen molar-refractivity contribution in [3.63, 3.8) is 0 Å². The zero-order chi connectivity index (χ0) is 28.2. The number of rotatable bonds is 9. The van der Waals surface area contributed by atoms with Gasteiger partial charge in [-0.25, -0.2) is 4.98 Å². The number of carbonyl (C=O) groups excluding carboxylic acids is 1. The normalized spacial score (nSPS) is 16.2. The highest BCUT2D eigenvalue weighted by molar-refractivity contribution is 6.37. The van der Waals surface area contributed by atoms with E-state index in [1.807, 2.05) is 42.6 Å². The summed E-state index contributed by atoms with van der Waals surface area (Å²) in [6, 6.07) is 20.5. The van der Waals surface area contributed by atoms with Crippen molar-refractivity contribution < 1.29 is 9.72 Å². The van der Waals surface area contributed by atoms with Crippen LogP contribution in [0.25, 0.3) is 22.5 Å². The van der Waals surface area contributed by atoms with E-state index in [9.17, 15) is 14.9 Å². The summed E-state index contributed by atoms with van der Waals surface area (Å²) in [5.74, 6) is -0.304. The lowest BCUT2D eigenvalue weighted by atomic mass is 9.98. The molecule has 6 rings (SSSR count). The number of fused-ring (bicyclic) bond motifs is 1. The molecule has 0 bridgehead atoms. The lowest BCUT2D eigenvalue weighted by Gasteiger charge is -2.26. The van der Waals surface area contributed by atoms with Crippen molar-refractivity contribution in [2.75, 3.05) is 30.3 Å². The van der Waals surface area contributed by atoms with Crippen LogP contribution in [0, 0.1) is 10.1 Å². The van der Waals surface area contributed by atoms with Gasteiger partial charge in [-0.05, 0) is 74.6 Å². The maximum Gasteiger partial charge on any atom is 0.270 e. The summed E-state index contributed by atoms with van der Waals surface area (Å²) in [7, 11) is 0. The summed E-state index contributed by atoms with van der Waals surface area (Å²) in [6.45, 7) is 3.51. The van der Waals surface area contributed by atoms with Crippen LogP contribution in [0.1, 0.15) is 42.4 Å². The van der Waals surface area contributed by atoms with Crippen LogP contribution in [-0.2, 0) is 11.2 Å². The number of likely N-dealkylation sites (tertiary alicyclic amines) is 1. The average molecular weight is 549 g/mol. The number of benzene rings is 3. The second-order valence-electron chi connectivity index (χ2n) is 10.6. The van der Waals surface area contributed by atoms with Gasteiger partial charge in [0.25, 0.3) is 11.6 Å². The molecular formula is C32H32N6O3. The Balaban J connectivity index is 1.31. The number of piperidine rings is 1. The highest BCUT2D eigenvalue weighted by Crippen LogP contribution is 2.39. The number of nitro groups is 1. The molecule has 3 aromatic carbocycles. The number of hydrogen-bond donors (Lipinski definition) is 3. The third-order valence-corrected chi connectivity index (χ3v) is 7.79. The van der Waals surface area contributed by atoms with Crippen LogP contribution in [-0.4, -0.2) is 45.3 Å². The highest BCUT2D eigenvalue weighted by atomic mass is 16.6. The van der Waals surface area contributed by atoms with Crippen molar-refractivity contribution in [1.82, 2.24) is 14.9 Å². The topological polar surface area (TPSA) is 116 Å². The van der Waals surface area contributed by atoms with E-state index < -0.39 is 4.92 Å². The number of aromatic nitrogens is 2. The molecule has 0 aliphatic carbocycles. The van der Waals surface area contributed by atoms with Crippen LogP contribution in [0.15, 0.2) is 79.3 Å². The first-order valence-corrected chi connectivity index (χ1v) is 14.1. The summed E-state index contributed by atoms with van der Waals surface area (Å²) < 4.78 is 0. The molecule has 41 heavy (non-hydrogen) atoms. The molecule has 9 heteroatoms. The van der Waals surface area contributed by atoms with E-state index in [4.69, 9.17) is 0 Å². The minimum Gasteiger partial charge on any atom is -0.354 e. The molecule has 0 saturated carbocycles. The molecule has 3 N–H and O–H groups in total. The number of aryl methyl sites for hydroxylation is 1. The first-order valence-electron chi connectivity index (χ1n) is 14.1. The van der Waals surface area contributed by atoms with Gasteiger partial charge >= 0.3 is 0 Å². The number of anilines is 2. The quantitative estimate of drug-likeness (QED) is 0.128. The maximum absolute atomic E-state index is 13.3. The van der Waals surface area contributed by atoms with Gasteiger partial charge < -0.3 is 20.5 Å². The van der Waals surface area contributed by atoms with Gasteiger partial charge in [-0.1, -0.05) is 42.8 Å². The van der Waals surface area contributed by atoms with Crippen molar-refractivity contribution in [2.45, 2.75) is 32.1 Å². The van der Waals surface area contributed by atoms with Crippen LogP contribution in [0.2, 0.25) is 0 Å². The lowest BCUT2D eigenvalue weighted by Crippen LogP contribution is -2.30. The standard InChI is InChI=1S/C32H32N6O3/c39-32-30(27-19-26(38(40)41)14-15-28(27)36-32)31(35-25-12-10-23(11-13-25)29-20-33-21-34-29)24-8-6-22(7-9-24)5-4-18-37-16-2-1-3-17-37/h6-15,19-21,35H,1-5,16-18H2,(H,33,34)(H,36,39). The molecule has 2 aliphatic rings. The fourth-order valence-electron chi connectivity index (χ4n) is 5.61. The van der Waals surface area contributed by atoms with Crippen molar-refractivity contribution in [1.29, 1.82) is 0 Å². The number of amides is 1. The molecule has 0 unspecified atom stereocenters. The molecule has 2 aliphatic heterocycles. The predicted molar refractivity (Wildman–Crippen MR) is 161 cm³/mol. The van der Waals surface area contributed by atoms with Crippen molar-refractivity contribution in [3.8, 4) is 11.3 Å². The summed E-state index contributed by atoms with van der Waals surface area (Å²) in [6.07, 6.45) is 9.49. The third-order valence-electron chi connectivity index (χ3n) is 7.79. The molecule has 9 nitrogen and oxygen atoms in total. The number of nitrogens with zero attached hydrogens (tertiary/aromatic N) is 3. The summed E-state index contributed by atoms with van der Waals surface area (Å²) in [5, 5.41) is 17.9. The average Bonchev–Trinajstić information content (AvgIpc) is 3.65.